The van der Waals surface area contributed by atoms with E-state index in [1.54, 1.807) is 6.20 Å². The predicted octanol–water partition coefficient (Wildman–Crippen LogP) is 6.73. The van der Waals surface area contributed by atoms with Crippen molar-refractivity contribution < 1.29 is 0 Å². The summed E-state index contributed by atoms with van der Waals surface area (Å²) in [6, 6.07) is 26.6. The molecule has 162 valence electrons. The fourth-order valence-electron chi connectivity index (χ4n) is 6.45. The Labute approximate surface area is 200 Å². The van der Waals surface area contributed by atoms with Crippen molar-refractivity contribution in [1.29, 1.82) is 0 Å². The summed E-state index contributed by atoms with van der Waals surface area (Å²) in [5.41, 5.74) is 14.8. The second-order valence-corrected chi connectivity index (χ2v) is 9.69. The van der Waals surface area contributed by atoms with Crippen molar-refractivity contribution in [3.63, 3.8) is 0 Å². The third-order valence-corrected chi connectivity index (χ3v) is 7.90. The zero-order valence-electron chi connectivity index (χ0n) is 18.8. The quantitative estimate of drug-likeness (QED) is 0.243. The standard InChI is InChI=1S/C31H18N4/c1-2-6-21-17(5-1)13-18-9-10-19-14-20-15-24-22-7-3-12-33-30(22)35-26-8-4-11-32-29(26)34-31(35)25(24)16-23(20)28(19)27(18)21/h1-12,15-16H,13-14H2. The summed E-state index contributed by atoms with van der Waals surface area (Å²) in [5.74, 6) is 0. The van der Waals surface area contributed by atoms with Gasteiger partial charge in [0.25, 0.3) is 0 Å². The molecule has 4 heteroatoms. The molecule has 0 saturated carbocycles. The Hall–Kier alpha value is -4.57. The van der Waals surface area contributed by atoms with Crippen LogP contribution in [0.2, 0.25) is 0 Å². The topological polar surface area (TPSA) is 43.1 Å². The average molecular weight is 447 g/mol. The summed E-state index contributed by atoms with van der Waals surface area (Å²) in [7, 11) is 0. The van der Waals surface area contributed by atoms with Crippen molar-refractivity contribution in [3.8, 4) is 22.3 Å². The molecule has 0 bridgehead atoms. The minimum Gasteiger partial charge on any atom is -0.274 e. The maximum absolute atomic E-state index is 5.00. The molecule has 0 radical (unpaired) electrons. The van der Waals surface area contributed by atoms with Crippen LogP contribution in [0.15, 0.2) is 85.2 Å². The van der Waals surface area contributed by atoms with E-state index in [0.29, 0.717) is 0 Å². The van der Waals surface area contributed by atoms with Crippen LogP contribution in [-0.4, -0.2) is 19.4 Å². The van der Waals surface area contributed by atoms with Gasteiger partial charge in [0.1, 0.15) is 11.3 Å². The van der Waals surface area contributed by atoms with Gasteiger partial charge in [0.05, 0.1) is 5.52 Å². The van der Waals surface area contributed by atoms with Crippen LogP contribution in [0, 0.1) is 0 Å². The molecular formula is C31H18N4. The maximum Gasteiger partial charge on any atom is 0.178 e. The molecule has 0 fully saturated rings. The molecule has 9 rings (SSSR count). The molecule has 2 aliphatic rings. The third kappa shape index (κ3) is 2.15. The Morgan fingerprint density at radius 3 is 2.31 bits per heavy atom. The van der Waals surface area contributed by atoms with Crippen LogP contribution < -0.4 is 0 Å². The Bertz CT molecular complexity index is 2070. The number of hydrogen-bond donors (Lipinski definition) is 0. The molecular weight excluding hydrogens is 428 g/mol. The van der Waals surface area contributed by atoms with Crippen molar-refractivity contribution >= 4 is 38.6 Å². The van der Waals surface area contributed by atoms with E-state index < -0.39 is 0 Å². The molecule has 4 heterocycles. The van der Waals surface area contributed by atoms with Gasteiger partial charge >= 0.3 is 0 Å². The number of aromatic nitrogens is 4. The summed E-state index contributed by atoms with van der Waals surface area (Å²) in [6.45, 7) is 0. The second-order valence-electron chi connectivity index (χ2n) is 9.69. The molecule has 0 atom stereocenters. The highest BCUT2D eigenvalue weighted by Crippen LogP contribution is 2.50. The number of nitrogens with zero attached hydrogens (tertiary/aromatic N) is 4. The van der Waals surface area contributed by atoms with Crippen LogP contribution in [0.5, 0.6) is 0 Å². The fourth-order valence-corrected chi connectivity index (χ4v) is 6.45. The van der Waals surface area contributed by atoms with Gasteiger partial charge in [-0.2, -0.15) is 0 Å². The van der Waals surface area contributed by atoms with E-state index in [-0.39, 0.29) is 0 Å². The molecule has 2 aliphatic carbocycles. The normalized spacial score (nSPS) is 13.5. The molecule has 0 unspecified atom stereocenters. The number of fused-ring (bicyclic) bond motifs is 15. The Morgan fingerprint density at radius 2 is 1.37 bits per heavy atom. The van der Waals surface area contributed by atoms with E-state index in [1.807, 2.05) is 18.3 Å². The van der Waals surface area contributed by atoms with E-state index in [2.05, 4.69) is 70.0 Å². The lowest BCUT2D eigenvalue weighted by atomic mass is 9.92. The maximum atomic E-state index is 5.00. The Morgan fingerprint density at radius 1 is 0.571 bits per heavy atom. The molecule has 7 aromatic rings. The van der Waals surface area contributed by atoms with E-state index in [4.69, 9.17) is 9.97 Å². The van der Waals surface area contributed by atoms with Crippen LogP contribution in [-0.2, 0) is 12.8 Å². The van der Waals surface area contributed by atoms with Gasteiger partial charge in [0.2, 0.25) is 0 Å². The first-order valence-electron chi connectivity index (χ1n) is 12.0. The lowest BCUT2D eigenvalue weighted by Crippen LogP contribution is -1.95. The Balaban J connectivity index is 1.45. The molecule has 0 aliphatic heterocycles. The van der Waals surface area contributed by atoms with Gasteiger partial charge in [-0.1, -0.05) is 36.4 Å². The highest BCUT2D eigenvalue weighted by molar-refractivity contribution is 6.15. The number of pyridine rings is 3. The highest BCUT2D eigenvalue weighted by Gasteiger charge is 2.29. The summed E-state index contributed by atoms with van der Waals surface area (Å²) in [6.07, 6.45) is 5.64. The molecule has 0 N–H and O–H groups in total. The van der Waals surface area contributed by atoms with E-state index >= 15 is 0 Å². The lowest BCUT2D eigenvalue weighted by molar-refractivity contribution is 1.23. The fraction of sp³-hybridized carbons (Fsp3) is 0.0645. The van der Waals surface area contributed by atoms with Crippen molar-refractivity contribution in [2.45, 2.75) is 12.8 Å². The largest absolute Gasteiger partial charge is 0.274 e. The third-order valence-electron chi connectivity index (χ3n) is 7.90. The first kappa shape index (κ1) is 17.8. The molecule has 4 aromatic heterocycles. The number of hydrogen-bond acceptors (Lipinski definition) is 3. The summed E-state index contributed by atoms with van der Waals surface area (Å²) in [5, 5.41) is 3.51. The minimum atomic E-state index is 0.752. The lowest BCUT2D eigenvalue weighted by Gasteiger charge is -2.13. The van der Waals surface area contributed by atoms with Crippen molar-refractivity contribution in [1.82, 2.24) is 19.4 Å². The predicted molar refractivity (Wildman–Crippen MR) is 140 cm³/mol. The average Bonchev–Trinajstić information content (AvgIpc) is 3.58. The van der Waals surface area contributed by atoms with Crippen LogP contribution >= 0.6 is 0 Å². The monoisotopic (exact) mass is 446 g/mol. The van der Waals surface area contributed by atoms with Gasteiger partial charge in [-0.05, 0) is 99.1 Å². The zero-order chi connectivity index (χ0) is 22.7. The van der Waals surface area contributed by atoms with Gasteiger partial charge in [-0.25, -0.2) is 15.0 Å². The van der Waals surface area contributed by atoms with Gasteiger partial charge in [-0.3, -0.25) is 4.40 Å². The van der Waals surface area contributed by atoms with Crippen LogP contribution in [0.25, 0.3) is 60.9 Å². The molecule has 0 saturated heterocycles. The van der Waals surface area contributed by atoms with Crippen LogP contribution in [0.3, 0.4) is 0 Å². The highest BCUT2D eigenvalue weighted by atomic mass is 15.1. The second kappa shape index (κ2) is 6.10. The molecule has 3 aromatic carbocycles. The van der Waals surface area contributed by atoms with Crippen molar-refractivity contribution in [2.24, 2.45) is 0 Å². The van der Waals surface area contributed by atoms with Gasteiger partial charge < -0.3 is 0 Å². The zero-order valence-corrected chi connectivity index (χ0v) is 18.8. The van der Waals surface area contributed by atoms with Crippen molar-refractivity contribution in [2.75, 3.05) is 0 Å². The number of rotatable bonds is 0. The van der Waals surface area contributed by atoms with E-state index in [9.17, 15) is 0 Å². The molecule has 4 nitrogen and oxygen atoms in total. The summed E-state index contributed by atoms with van der Waals surface area (Å²) >= 11 is 0. The number of benzene rings is 3. The van der Waals surface area contributed by atoms with Gasteiger partial charge in [0, 0.05) is 23.2 Å². The molecule has 0 spiro atoms. The van der Waals surface area contributed by atoms with Crippen LogP contribution in [0.1, 0.15) is 22.3 Å². The first-order valence-corrected chi connectivity index (χ1v) is 12.0. The van der Waals surface area contributed by atoms with Crippen LogP contribution in [0.4, 0.5) is 0 Å². The minimum absolute atomic E-state index is 0.752. The number of imidazole rings is 1. The summed E-state index contributed by atoms with van der Waals surface area (Å²) < 4.78 is 2.17. The molecule has 0 amide bonds. The van der Waals surface area contributed by atoms with Crippen molar-refractivity contribution in [3.05, 3.63) is 107 Å². The Kier molecular flexibility index (Phi) is 3.11. The van der Waals surface area contributed by atoms with Gasteiger partial charge in [0.15, 0.2) is 5.65 Å². The summed E-state index contributed by atoms with van der Waals surface area (Å²) in [4.78, 5) is 14.3. The van der Waals surface area contributed by atoms with E-state index in [1.165, 1.54) is 49.9 Å². The van der Waals surface area contributed by atoms with Gasteiger partial charge in [-0.15, -0.1) is 0 Å². The smallest absolute Gasteiger partial charge is 0.178 e. The molecule has 35 heavy (non-hydrogen) atoms. The first-order chi connectivity index (χ1) is 17.3. The van der Waals surface area contributed by atoms with E-state index in [0.717, 1.165) is 46.1 Å². The SMILES string of the molecule is c1ccc2c(c1)Cc1ccc3c(c1-2)-c1cc2c(cc1C3)c1cccnc1n1c3cccnc3nc21.